The van der Waals surface area contributed by atoms with Crippen LogP contribution in [0.5, 0.6) is 0 Å². The van der Waals surface area contributed by atoms with E-state index < -0.39 is 0 Å². The fraction of sp³-hybridized carbons (Fsp3) is 1.00. The molecule has 0 aromatic carbocycles. The summed E-state index contributed by atoms with van der Waals surface area (Å²) in [6, 6.07) is 1.11. The van der Waals surface area contributed by atoms with Crippen molar-refractivity contribution < 1.29 is 4.74 Å². The van der Waals surface area contributed by atoms with Gasteiger partial charge in [-0.15, -0.1) is 0 Å². The third-order valence-electron chi connectivity index (χ3n) is 1.85. The molecule has 0 amide bonds. The van der Waals surface area contributed by atoms with E-state index >= 15 is 0 Å². The van der Waals surface area contributed by atoms with Crippen LogP contribution in [0.2, 0.25) is 0 Å². The zero-order chi connectivity index (χ0) is 10.1. The summed E-state index contributed by atoms with van der Waals surface area (Å²) in [5, 5.41) is 6.82. The molecule has 3 heteroatoms. The van der Waals surface area contributed by atoms with Crippen LogP contribution in [0.15, 0.2) is 0 Å². The zero-order valence-electron chi connectivity index (χ0n) is 9.39. The molecule has 3 nitrogen and oxygen atoms in total. The average Bonchev–Trinajstić information content (AvgIpc) is 2.09. The molecule has 0 aromatic heterocycles. The van der Waals surface area contributed by atoms with Crippen LogP contribution in [-0.4, -0.2) is 38.9 Å². The van der Waals surface area contributed by atoms with Crippen LogP contribution in [0.25, 0.3) is 0 Å². The van der Waals surface area contributed by atoms with E-state index in [-0.39, 0.29) is 0 Å². The lowest BCUT2D eigenvalue weighted by Gasteiger charge is -2.16. The molecule has 0 saturated heterocycles. The van der Waals surface area contributed by atoms with Gasteiger partial charge in [-0.2, -0.15) is 0 Å². The van der Waals surface area contributed by atoms with Crippen molar-refractivity contribution in [2.24, 2.45) is 0 Å². The van der Waals surface area contributed by atoms with Crippen LogP contribution in [0.1, 0.15) is 27.2 Å². The Hall–Kier alpha value is -0.120. The van der Waals surface area contributed by atoms with E-state index in [0.29, 0.717) is 12.1 Å². The smallest absolute Gasteiger partial charge is 0.0474 e. The molecule has 0 heterocycles. The van der Waals surface area contributed by atoms with Gasteiger partial charge >= 0.3 is 0 Å². The Morgan fingerprint density at radius 2 is 1.85 bits per heavy atom. The fourth-order valence-corrected chi connectivity index (χ4v) is 1.05. The monoisotopic (exact) mass is 188 g/mol. The Balaban J connectivity index is 3.15. The van der Waals surface area contributed by atoms with E-state index in [0.717, 1.165) is 26.1 Å². The highest BCUT2D eigenvalue weighted by Gasteiger charge is 2.00. The molecule has 0 spiro atoms. The minimum absolute atomic E-state index is 0.541. The second-order valence-electron chi connectivity index (χ2n) is 3.76. The summed E-state index contributed by atoms with van der Waals surface area (Å²) in [6.45, 7) is 9.44. The molecule has 0 aliphatic carbocycles. The Bertz CT molecular complexity index is 107. The van der Waals surface area contributed by atoms with Gasteiger partial charge in [0.25, 0.3) is 0 Å². The molecule has 0 aromatic rings. The predicted octanol–water partition coefficient (Wildman–Crippen LogP) is 0.999. The van der Waals surface area contributed by atoms with Crippen molar-refractivity contribution in [1.82, 2.24) is 10.6 Å². The van der Waals surface area contributed by atoms with E-state index in [9.17, 15) is 0 Å². The second-order valence-corrected chi connectivity index (χ2v) is 3.76. The molecular formula is C10H24N2O. The summed E-state index contributed by atoms with van der Waals surface area (Å²) in [5.74, 6) is 0. The van der Waals surface area contributed by atoms with Crippen molar-refractivity contribution in [3.05, 3.63) is 0 Å². The summed E-state index contributed by atoms with van der Waals surface area (Å²) >= 11 is 0. The third kappa shape index (κ3) is 9.80. The van der Waals surface area contributed by atoms with Gasteiger partial charge in [-0.1, -0.05) is 13.8 Å². The van der Waals surface area contributed by atoms with Crippen LogP contribution in [0.4, 0.5) is 0 Å². The highest BCUT2D eigenvalue weighted by Crippen LogP contribution is 1.84. The lowest BCUT2D eigenvalue weighted by molar-refractivity contribution is 0.193. The van der Waals surface area contributed by atoms with Crippen molar-refractivity contribution >= 4 is 0 Å². The Labute approximate surface area is 82.2 Å². The summed E-state index contributed by atoms with van der Waals surface area (Å²) in [4.78, 5) is 0. The quantitative estimate of drug-likeness (QED) is 0.558. The molecule has 1 atom stereocenters. The van der Waals surface area contributed by atoms with Crippen molar-refractivity contribution in [1.29, 1.82) is 0 Å². The van der Waals surface area contributed by atoms with Gasteiger partial charge in [-0.25, -0.2) is 0 Å². The molecule has 0 radical (unpaired) electrons. The highest BCUT2D eigenvalue weighted by molar-refractivity contribution is 4.65. The van der Waals surface area contributed by atoms with Gasteiger partial charge < -0.3 is 15.4 Å². The van der Waals surface area contributed by atoms with Crippen LogP contribution in [-0.2, 0) is 4.74 Å². The number of hydrogen-bond acceptors (Lipinski definition) is 3. The zero-order valence-corrected chi connectivity index (χ0v) is 9.39. The number of rotatable bonds is 8. The lowest BCUT2D eigenvalue weighted by Crippen LogP contribution is -2.39. The molecular weight excluding hydrogens is 164 g/mol. The van der Waals surface area contributed by atoms with Gasteiger partial charge in [-0.05, 0) is 19.9 Å². The molecule has 0 bridgehead atoms. The topological polar surface area (TPSA) is 33.3 Å². The number of nitrogens with one attached hydrogen (secondary N) is 2. The first kappa shape index (κ1) is 12.9. The maximum Gasteiger partial charge on any atom is 0.0474 e. The van der Waals surface area contributed by atoms with Crippen molar-refractivity contribution in [3.8, 4) is 0 Å². The van der Waals surface area contributed by atoms with Gasteiger partial charge in [0.15, 0.2) is 0 Å². The Morgan fingerprint density at radius 1 is 1.15 bits per heavy atom. The van der Waals surface area contributed by atoms with E-state index in [2.05, 4.69) is 31.4 Å². The van der Waals surface area contributed by atoms with Gasteiger partial charge in [0.05, 0.1) is 0 Å². The molecule has 0 aliphatic heterocycles. The summed E-state index contributed by atoms with van der Waals surface area (Å²) in [6.07, 6.45) is 1.09. The summed E-state index contributed by atoms with van der Waals surface area (Å²) in [5.41, 5.74) is 0. The molecule has 0 aliphatic rings. The minimum Gasteiger partial charge on any atom is -0.385 e. The van der Waals surface area contributed by atoms with Crippen LogP contribution in [0.3, 0.4) is 0 Å². The molecule has 13 heavy (non-hydrogen) atoms. The van der Waals surface area contributed by atoms with Crippen LogP contribution >= 0.6 is 0 Å². The van der Waals surface area contributed by atoms with Crippen LogP contribution in [0, 0.1) is 0 Å². The van der Waals surface area contributed by atoms with E-state index in [1.165, 1.54) is 0 Å². The average molecular weight is 188 g/mol. The number of methoxy groups -OCH3 is 1. The highest BCUT2D eigenvalue weighted by atomic mass is 16.5. The largest absolute Gasteiger partial charge is 0.385 e. The molecule has 0 saturated carbocycles. The first-order valence-electron chi connectivity index (χ1n) is 5.12. The number of ether oxygens (including phenoxy) is 1. The molecule has 0 rings (SSSR count). The maximum atomic E-state index is 4.97. The molecule has 1 unspecified atom stereocenters. The first-order valence-corrected chi connectivity index (χ1v) is 5.12. The van der Waals surface area contributed by atoms with Gasteiger partial charge in [0, 0.05) is 32.3 Å². The third-order valence-corrected chi connectivity index (χ3v) is 1.85. The van der Waals surface area contributed by atoms with Crippen LogP contribution < -0.4 is 10.6 Å². The van der Waals surface area contributed by atoms with E-state index in [1.807, 2.05) is 0 Å². The predicted molar refractivity (Wildman–Crippen MR) is 57.1 cm³/mol. The standard InChI is InChI=1S/C10H24N2O/c1-9(2)12-8-10(3)11-6-5-7-13-4/h9-12H,5-8H2,1-4H3. The SMILES string of the molecule is COCCCNC(C)CNC(C)C. The normalized spacial score (nSPS) is 13.6. The van der Waals surface area contributed by atoms with E-state index in [1.54, 1.807) is 7.11 Å². The van der Waals surface area contributed by atoms with Gasteiger partial charge in [-0.3, -0.25) is 0 Å². The fourth-order valence-electron chi connectivity index (χ4n) is 1.05. The van der Waals surface area contributed by atoms with E-state index in [4.69, 9.17) is 4.74 Å². The number of hydrogen-bond donors (Lipinski definition) is 2. The lowest BCUT2D eigenvalue weighted by atomic mass is 10.3. The molecule has 2 N–H and O–H groups in total. The maximum absolute atomic E-state index is 4.97. The summed E-state index contributed by atoms with van der Waals surface area (Å²) in [7, 11) is 1.74. The first-order chi connectivity index (χ1) is 6.16. The van der Waals surface area contributed by atoms with Crippen molar-refractivity contribution in [2.75, 3.05) is 26.8 Å². The molecule has 0 fully saturated rings. The van der Waals surface area contributed by atoms with Crippen molar-refractivity contribution in [2.45, 2.75) is 39.3 Å². The Morgan fingerprint density at radius 3 is 2.38 bits per heavy atom. The van der Waals surface area contributed by atoms with Crippen molar-refractivity contribution in [3.63, 3.8) is 0 Å². The van der Waals surface area contributed by atoms with Gasteiger partial charge in [0.1, 0.15) is 0 Å². The minimum atomic E-state index is 0.541. The second kappa shape index (κ2) is 8.48. The molecule has 80 valence electrons. The van der Waals surface area contributed by atoms with Gasteiger partial charge in [0.2, 0.25) is 0 Å². The Kier molecular flexibility index (Phi) is 8.40. The summed E-state index contributed by atoms with van der Waals surface area (Å²) < 4.78 is 4.97.